The molecule has 27 heavy (non-hydrogen) atoms. The molecule has 1 atom stereocenters. The molecular weight excluding hydrogens is 407 g/mol. The summed E-state index contributed by atoms with van der Waals surface area (Å²) in [4.78, 5) is 12.5. The van der Waals surface area contributed by atoms with Gasteiger partial charge in [-0.25, -0.2) is 8.42 Å². The molecule has 1 heterocycles. The van der Waals surface area contributed by atoms with Gasteiger partial charge in [-0.05, 0) is 36.6 Å². The number of rotatable bonds is 5. The first-order valence-electron chi connectivity index (χ1n) is 8.65. The SMILES string of the molecule is O=C(NCc1ccccc1)[C@H]1CCCN(S(=O)(=O)c2cc(Cl)ccc2Cl)C1. The molecule has 0 aliphatic carbocycles. The van der Waals surface area contributed by atoms with Crippen LogP contribution in [0.5, 0.6) is 0 Å². The molecule has 3 rings (SSSR count). The average Bonchev–Trinajstić information content (AvgIpc) is 2.68. The molecule has 1 fully saturated rings. The number of carbonyl (C=O) groups is 1. The second-order valence-electron chi connectivity index (χ2n) is 6.48. The maximum Gasteiger partial charge on any atom is 0.244 e. The quantitative estimate of drug-likeness (QED) is 0.791. The highest BCUT2D eigenvalue weighted by Gasteiger charge is 2.34. The Bertz CT molecular complexity index is 920. The van der Waals surface area contributed by atoms with Gasteiger partial charge in [0.05, 0.1) is 10.9 Å². The Balaban J connectivity index is 1.69. The highest BCUT2D eigenvalue weighted by atomic mass is 35.5. The number of hydrogen-bond acceptors (Lipinski definition) is 3. The molecule has 1 N–H and O–H groups in total. The van der Waals surface area contributed by atoms with E-state index in [0.717, 1.165) is 5.56 Å². The predicted molar refractivity (Wildman–Crippen MR) is 106 cm³/mol. The largest absolute Gasteiger partial charge is 0.352 e. The van der Waals surface area contributed by atoms with Gasteiger partial charge in [-0.2, -0.15) is 4.31 Å². The van der Waals surface area contributed by atoms with Crippen molar-refractivity contribution in [3.63, 3.8) is 0 Å². The van der Waals surface area contributed by atoms with Gasteiger partial charge in [0.25, 0.3) is 0 Å². The van der Waals surface area contributed by atoms with Crippen LogP contribution in [-0.4, -0.2) is 31.7 Å². The van der Waals surface area contributed by atoms with Crippen LogP contribution in [0, 0.1) is 5.92 Å². The van der Waals surface area contributed by atoms with Crippen molar-refractivity contribution in [3.8, 4) is 0 Å². The Kier molecular flexibility index (Phi) is 6.42. The molecule has 2 aromatic carbocycles. The minimum Gasteiger partial charge on any atom is -0.352 e. The van der Waals surface area contributed by atoms with Gasteiger partial charge in [0.15, 0.2) is 0 Å². The second-order valence-corrected chi connectivity index (χ2v) is 9.23. The van der Waals surface area contributed by atoms with Crippen molar-refractivity contribution in [2.24, 2.45) is 5.92 Å². The Hall–Kier alpha value is -1.60. The zero-order valence-electron chi connectivity index (χ0n) is 14.6. The summed E-state index contributed by atoms with van der Waals surface area (Å²) in [5, 5.41) is 3.31. The summed E-state index contributed by atoms with van der Waals surface area (Å²) in [6.45, 7) is 0.905. The van der Waals surface area contributed by atoms with Crippen molar-refractivity contribution < 1.29 is 13.2 Å². The zero-order valence-corrected chi connectivity index (χ0v) is 16.9. The summed E-state index contributed by atoms with van der Waals surface area (Å²) in [7, 11) is -3.81. The lowest BCUT2D eigenvalue weighted by molar-refractivity contribution is -0.126. The molecule has 0 saturated carbocycles. The number of sulfonamides is 1. The van der Waals surface area contributed by atoms with E-state index < -0.39 is 15.9 Å². The van der Waals surface area contributed by atoms with Crippen molar-refractivity contribution in [1.82, 2.24) is 9.62 Å². The van der Waals surface area contributed by atoms with E-state index >= 15 is 0 Å². The molecule has 1 amide bonds. The van der Waals surface area contributed by atoms with Crippen LogP contribution in [0.3, 0.4) is 0 Å². The molecule has 0 radical (unpaired) electrons. The van der Waals surface area contributed by atoms with Crippen molar-refractivity contribution in [2.75, 3.05) is 13.1 Å². The van der Waals surface area contributed by atoms with E-state index in [4.69, 9.17) is 23.2 Å². The van der Waals surface area contributed by atoms with Gasteiger partial charge in [-0.15, -0.1) is 0 Å². The molecule has 1 aliphatic heterocycles. The number of nitrogens with one attached hydrogen (secondary N) is 1. The first-order chi connectivity index (χ1) is 12.9. The molecular formula is C19H20Cl2N2O3S. The number of hydrogen-bond donors (Lipinski definition) is 1. The summed E-state index contributed by atoms with van der Waals surface area (Å²) >= 11 is 12.0. The minimum absolute atomic E-state index is 0.0259. The summed E-state index contributed by atoms with van der Waals surface area (Å²) in [5.74, 6) is -0.536. The molecule has 0 aromatic heterocycles. The highest BCUT2D eigenvalue weighted by Crippen LogP contribution is 2.30. The lowest BCUT2D eigenvalue weighted by Gasteiger charge is -2.31. The van der Waals surface area contributed by atoms with Crippen LogP contribution < -0.4 is 5.32 Å². The maximum absolute atomic E-state index is 13.0. The van der Waals surface area contributed by atoms with Crippen LogP contribution in [-0.2, 0) is 21.4 Å². The first-order valence-corrected chi connectivity index (χ1v) is 10.8. The van der Waals surface area contributed by atoms with E-state index in [2.05, 4.69) is 5.32 Å². The van der Waals surface area contributed by atoms with Gasteiger partial charge in [0.2, 0.25) is 15.9 Å². The molecule has 0 unspecified atom stereocenters. The molecule has 8 heteroatoms. The number of nitrogens with zero attached hydrogens (tertiary/aromatic N) is 1. The third kappa shape index (κ3) is 4.82. The van der Waals surface area contributed by atoms with E-state index in [1.54, 1.807) is 6.07 Å². The van der Waals surface area contributed by atoms with E-state index in [1.165, 1.54) is 16.4 Å². The standard InChI is InChI=1S/C19H20Cl2N2O3S/c20-16-8-9-17(21)18(11-16)27(25,26)23-10-4-7-15(13-23)19(24)22-12-14-5-2-1-3-6-14/h1-3,5-6,8-9,11,15H,4,7,10,12-13H2,(H,22,24)/t15-/m0/s1. The predicted octanol–water partition coefficient (Wildman–Crippen LogP) is 3.71. The van der Waals surface area contributed by atoms with E-state index in [0.29, 0.717) is 31.0 Å². The van der Waals surface area contributed by atoms with Gasteiger partial charge >= 0.3 is 0 Å². The second kappa shape index (κ2) is 8.61. The highest BCUT2D eigenvalue weighted by molar-refractivity contribution is 7.89. The summed E-state index contributed by atoms with van der Waals surface area (Å²) in [6, 6.07) is 13.9. The molecule has 5 nitrogen and oxygen atoms in total. The molecule has 144 valence electrons. The smallest absolute Gasteiger partial charge is 0.244 e. The topological polar surface area (TPSA) is 66.5 Å². The fourth-order valence-corrected chi connectivity index (χ4v) is 5.38. The Morgan fingerprint density at radius 3 is 2.63 bits per heavy atom. The Morgan fingerprint density at radius 2 is 1.89 bits per heavy atom. The van der Waals surface area contributed by atoms with Crippen molar-refractivity contribution in [3.05, 3.63) is 64.1 Å². The summed E-state index contributed by atoms with van der Waals surface area (Å²) in [5.41, 5.74) is 0.997. The van der Waals surface area contributed by atoms with Gasteiger partial charge in [0.1, 0.15) is 4.90 Å². The molecule has 2 aromatic rings. The van der Waals surface area contributed by atoms with E-state index in [1.807, 2.05) is 30.3 Å². The number of carbonyl (C=O) groups excluding carboxylic acids is 1. The number of halogens is 2. The third-order valence-electron chi connectivity index (χ3n) is 4.58. The van der Waals surface area contributed by atoms with Gasteiger partial charge in [0, 0.05) is 24.7 Å². The Labute approximate surface area is 169 Å². The fourth-order valence-electron chi connectivity index (χ4n) is 3.12. The maximum atomic E-state index is 13.0. The molecule has 0 spiro atoms. The third-order valence-corrected chi connectivity index (χ3v) is 7.16. The van der Waals surface area contributed by atoms with E-state index in [9.17, 15) is 13.2 Å². The zero-order chi connectivity index (χ0) is 19.4. The normalized spacial score (nSPS) is 18.2. The van der Waals surface area contributed by atoms with Gasteiger partial charge in [-0.3, -0.25) is 4.79 Å². The van der Waals surface area contributed by atoms with Gasteiger partial charge in [-0.1, -0.05) is 53.5 Å². The number of amides is 1. The first kappa shape index (κ1) is 20.1. The van der Waals surface area contributed by atoms with Crippen LogP contribution in [0.2, 0.25) is 10.0 Å². The van der Waals surface area contributed by atoms with Gasteiger partial charge < -0.3 is 5.32 Å². The molecule has 1 aliphatic rings. The monoisotopic (exact) mass is 426 g/mol. The van der Waals surface area contributed by atoms with Crippen molar-refractivity contribution in [2.45, 2.75) is 24.3 Å². The van der Waals surface area contributed by atoms with Crippen LogP contribution >= 0.6 is 23.2 Å². The summed E-state index contributed by atoms with van der Waals surface area (Å²) < 4.78 is 27.2. The minimum atomic E-state index is -3.81. The van der Waals surface area contributed by atoms with Crippen LogP contribution in [0.15, 0.2) is 53.4 Å². The molecule has 1 saturated heterocycles. The summed E-state index contributed by atoms with van der Waals surface area (Å²) in [6.07, 6.45) is 1.26. The number of piperidine rings is 1. The average molecular weight is 427 g/mol. The lowest BCUT2D eigenvalue weighted by Crippen LogP contribution is -2.45. The van der Waals surface area contributed by atoms with Crippen molar-refractivity contribution in [1.29, 1.82) is 0 Å². The number of benzene rings is 2. The fraction of sp³-hybridized carbons (Fsp3) is 0.316. The lowest BCUT2D eigenvalue weighted by atomic mass is 9.99. The van der Waals surface area contributed by atoms with Crippen LogP contribution in [0.25, 0.3) is 0 Å². The van der Waals surface area contributed by atoms with Crippen LogP contribution in [0.4, 0.5) is 0 Å². The van der Waals surface area contributed by atoms with E-state index in [-0.39, 0.29) is 22.4 Å². The van der Waals surface area contributed by atoms with Crippen molar-refractivity contribution >= 4 is 39.1 Å². The Morgan fingerprint density at radius 1 is 1.15 bits per heavy atom. The van der Waals surface area contributed by atoms with Crippen LogP contribution in [0.1, 0.15) is 18.4 Å². The molecule has 0 bridgehead atoms.